The number of rotatable bonds is 1. The van der Waals surface area contributed by atoms with Gasteiger partial charge in [-0.1, -0.05) is 23.9 Å². The third kappa shape index (κ3) is 2.45. The van der Waals surface area contributed by atoms with Crippen LogP contribution in [0.2, 0.25) is 0 Å². The van der Waals surface area contributed by atoms with E-state index < -0.39 is 0 Å². The van der Waals surface area contributed by atoms with Crippen molar-refractivity contribution in [2.24, 2.45) is 0 Å². The van der Waals surface area contributed by atoms with Crippen LogP contribution in [0.5, 0.6) is 0 Å². The van der Waals surface area contributed by atoms with Crippen molar-refractivity contribution < 1.29 is 9.59 Å². The molecule has 20 heavy (non-hydrogen) atoms. The number of hydrogen-bond donors (Lipinski definition) is 1. The number of fused-ring (bicyclic) bond motifs is 1. The normalized spacial score (nSPS) is 23.6. The Hall–Kier alpha value is -1.75. The van der Waals surface area contributed by atoms with E-state index in [4.69, 9.17) is 0 Å². The molecule has 1 fully saturated rings. The van der Waals surface area contributed by atoms with E-state index in [1.807, 2.05) is 36.1 Å². The summed E-state index contributed by atoms with van der Waals surface area (Å²) in [5.74, 6) is -0.263. The second kappa shape index (κ2) is 5.32. The molecular weight excluding hydrogens is 272 g/mol. The summed E-state index contributed by atoms with van der Waals surface area (Å²) in [6, 6.07) is 7.87. The van der Waals surface area contributed by atoms with Crippen LogP contribution in [0.15, 0.2) is 40.1 Å². The van der Waals surface area contributed by atoms with Gasteiger partial charge < -0.3 is 10.2 Å². The highest BCUT2D eigenvalue weighted by Crippen LogP contribution is 2.37. The Balaban J connectivity index is 1.82. The molecule has 0 bridgehead atoms. The predicted octanol–water partition coefficient (Wildman–Crippen LogP) is 2.63. The van der Waals surface area contributed by atoms with Gasteiger partial charge in [0.25, 0.3) is 5.91 Å². The first-order valence-electron chi connectivity index (χ1n) is 6.75. The zero-order valence-electron chi connectivity index (χ0n) is 11.3. The first-order chi connectivity index (χ1) is 9.65. The molecule has 1 unspecified atom stereocenters. The Morgan fingerprint density at radius 3 is 3.00 bits per heavy atom. The van der Waals surface area contributed by atoms with Crippen LogP contribution < -0.4 is 5.32 Å². The van der Waals surface area contributed by atoms with Crippen LogP contribution in [0, 0.1) is 0 Å². The number of anilines is 1. The summed E-state index contributed by atoms with van der Waals surface area (Å²) < 4.78 is 0. The average molecular weight is 288 g/mol. The fourth-order valence-corrected chi connectivity index (χ4v) is 3.47. The Morgan fingerprint density at radius 2 is 2.25 bits per heavy atom. The first kappa shape index (κ1) is 13.2. The SMILES string of the molecule is CC1CCCN1C(=O)/C=C1/Sc2ccccc2NC1=O. The van der Waals surface area contributed by atoms with Gasteiger partial charge in [0.05, 0.1) is 10.6 Å². The molecule has 2 aliphatic rings. The molecule has 1 aromatic carbocycles. The molecule has 0 aromatic heterocycles. The van der Waals surface area contributed by atoms with Crippen molar-refractivity contribution in [1.82, 2.24) is 4.90 Å². The Bertz CT molecular complexity index is 597. The molecule has 3 rings (SSSR count). The standard InChI is InChI=1S/C15H16N2O2S/c1-10-5-4-8-17(10)14(18)9-13-15(19)16-11-6-2-3-7-12(11)20-13/h2-3,6-7,9-10H,4-5,8H2,1H3,(H,16,19)/b13-9+. The van der Waals surface area contributed by atoms with Crippen molar-refractivity contribution in [3.05, 3.63) is 35.2 Å². The number of nitrogens with one attached hydrogen (secondary N) is 1. The summed E-state index contributed by atoms with van der Waals surface area (Å²) in [6.07, 6.45) is 3.55. The lowest BCUT2D eigenvalue weighted by molar-refractivity contribution is -0.126. The van der Waals surface area contributed by atoms with Crippen molar-refractivity contribution in [3.63, 3.8) is 0 Å². The lowest BCUT2D eigenvalue weighted by Crippen LogP contribution is -2.33. The summed E-state index contributed by atoms with van der Waals surface area (Å²) in [5.41, 5.74) is 0.807. The third-order valence-electron chi connectivity index (χ3n) is 3.67. The molecule has 0 aliphatic carbocycles. The lowest BCUT2D eigenvalue weighted by Gasteiger charge is -2.22. The minimum Gasteiger partial charge on any atom is -0.336 e. The maximum Gasteiger partial charge on any atom is 0.262 e. The van der Waals surface area contributed by atoms with Crippen molar-refractivity contribution >= 4 is 29.3 Å². The molecule has 1 atom stereocenters. The fraction of sp³-hybridized carbons (Fsp3) is 0.333. The monoisotopic (exact) mass is 288 g/mol. The molecule has 1 N–H and O–H groups in total. The first-order valence-corrected chi connectivity index (χ1v) is 7.57. The number of likely N-dealkylation sites (tertiary alicyclic amines) is 1. The van der Waals surface area contributed by atoms with Crippen molar-refractivity contribution in [3.8, 4) is 0 Å². The highest BCUT2D eigenvalue weighted by molar-refractivity contribution is 8.04. The minimum absolute atomic E-state index is 0.0629. The van der Waals surface area contributed by atoms with Crippen molar-refractivity contribution in [1.29, 1.82) is 0 Å². The topological polar surface area (TPSA) is 49.4 Å². The number of para-hydroxylation sites is 1. The Morgan fingerprint density at radius 1 is 1.45 bits per heavy atom. The van der Waals surface area contributed by atoms with Gasteiger partial charge in [-0.25, -0.2) is 0 Å². The number of nitrogens with zero attached hydrogens (tertiary/aromatic N) is 1. The van der Waals surface area contributed by atoms with E-state index in [0.717, 1.165) is 30.0 Å². The number of amides is 2. The summed E-state index contributed by atoms with van der Waals surface area (Å²) in [4.78, 5) is 27.5. The summed E-state index contributed by atoms with van der Waals surface area (Å²) in [7, 11) is 0. The van der Waals surface area contributed by atoms with Crippen LogP contribution in [-0.4, -0.2) is 29.3 Å². The van der Waals surface area contributed by atoms with Gasteiger partial charge in [-0.05, 0) is 31.9 Å². The highest BCUT2D eigenvalue weighted by Gasteiger charge is 2.26. The van der Waals surface area contributed by atoms with E-state index >= 15 is 0 Å². The van der Waals surface area contributed by atoms with Gasteiger partial charge in [0.1, 0.15) is 0 Å². The molecule has 2 aliphatic heterocycles. The maximum atomic E-state index is 12.2. The van der Waals surface area contributed by atoms with E-state index in [1.54, 1.807) is 0 Å². The molecule has 0 saturated carbocycles. The second-order valence-corrected chi connectivity index (χ2v) is 6.17. The van der Waals surface area contributed by atoms with Crippen LogP contribution in [-0.2, 0) is 9.59 Å². The zero-order chi connectivity index (χ0) is 14.1. The van der Waals surface area contributed by atoms with Gasteiger partial charge in [0, 0.05) is 23.6 Å². The largest absolute Gasteiger partial charge is 0.336 e. The smallest absolute Gasteiger partial charge is 0.262 e. The zero-order valence-corrected chi connectivity index (χ0v) is 12.1. The van der Waals surface area contributed by atoms with Gasteiger partial charge in [-0.2, -0.15) is 0 Å². The van der Waals surface area contributed by atoms with E-state index in [-0.39, 0.29) is 17.9 Å². The van der Waals surface area contributed by atoms with Gasteiger partial charge in [0.2, 0.25) is 5.91 Å². The average Bonchev–Trinajstić information content (AvgIpc) is 2.86. The van der Waals surface area contributed by atoms with Crippen LogP contribution in [0.25, 0.3) is 0 Å². The highest BCUT2D eigenvalue weighted by atomic mass is 32.2. The summed E-state index contributed by atoms with van der Waals surface area (Å²) >= 11 is 1.36. The molecule has 0 spiro atoms. The molecule has 4 nitrogen and oxygen atoms in total. The number of thioether (sulfide) groups is 1. The molecular formula is C15H16N2O2S. The van der Waals surface area contributed by atoms with E-state index in [9.17, 15) is 9.59 Å². The van der Waals surface area contributed by atoms with Crippen LogP contribution in [0.4, 0.5) is 5.69 Å². The summed E-state index contributed by atoms with van der Waals surface area (Å²) in [5, 5.41) is 2.82. The van der Waals surface area contributed by atoms with Gasteiger partial charge >= 0.3 is 0 Å². The number of carbonyl (C=O) groups excluding carboxylic acids is 2. The Labute approximate surface area is 122 Å². The number of hydrogen-bond acceptors (Lipinski definition) is 3. The molecule has 1 saturated heterocycles. The molecule has 1 aromatic rings. The maximum absolute atomic E-state index is 12.2. The van der Waals surface area contributed by atoms with Crippen LogP contribution in [0.3, 0.4) is 0 Å². The molecule has 104 valence electrons. The minimum atomic E-state index is -0.200. The van der Waals surface area contributed by atoms with Crippen LogP contribution in [0.1, 0.15) is 19.8 Å². The molecule has 2 heterocycles. The predicted molar refractivity (Wildman–Crippen MR) is 79.4 cm³/mol. The third-order valence-corrected chi connectivity index (χ3v) is 4.77. The number of benzene rings is 1. The van der Waals surface area contributed by atoms with E-state index in [1.165, 1.54) is 17.8 Å². The van der Waals surface area contributed by atoms with Gasteiger partial charge in [0.15, 0.2) is 0 Å². The summed E-state index contributed by atoms with van der Waals surface area (Å²) in [6.45, 7) is 2.83. The Kier molecular flexibility index (Phi) is 3.53. The van der Waals surface area contributed by atoms with Crippen molar-refractivity contribution in [2.45, 2.75) is 30.7 Å². The van der Waals surface area contributed by atoms with Gasteiger partial charge in [-0.15, -0.1) is 0 Å². The fourth-order valence-electron chi connectivity index (χ4n) is 2.56. The molecule has 2 amide bonds. The number of carbonyl (C=O) groups is 2. The quantitative estimate of drug-likeness (QED) is 0.808. The molecule has 5 heteroatoms. The van der Waals surface area contributed by atoms with Crippen LogP contribution >= 0.6 is 11.8 Å². The molecule has 0 radical (unpaired) electrons. The van der Waals surface area contributed by atoms with E-state index in [0.29, 0.717) is 4.91 Å². The second-order valence-electron chi connectivity index (χ2n) is 5.08. The lowest BCUT2D eigenvalue weighted by atomic mass is 10.2. The van der Waals surface area contributed by atoms with E-state index in [2.05, 4.69) is 5.32 Å². The van der Waals surface area contributed by atoms with Crippen molar-refractivity contribution in [2.75, 3.05) is 11.9 Å². The van der Waals surface area contributed by atoms with Gasteiger partial charge in [-0.3, -0.25) is 9.59 Å².